The summed E-state index contributed by atoms with van der Waals surface area (Å²) in [4.78, 5) is 5.79. The highest BCUT2D eigenvalue weighted by molar-refractivity contribution is 6.34. The maximum Gasteiger partial charge on any atom is 0.431 e. The van der Waals surface area contributed by atoms with Crippen molar-refractivity contribution < 1.29 is 17.6 Å². The Bertz CT molecular complexity index is 981. The molecule has 0 N–H and O–H groups in total. The molecule has 2 heterocycles. The molecular weight excluding hydrogens is 417 g/mol. The van der Waals surface area contributed by atoms with E-state index in [1.807, 2.05) is 32.8 Å². The predicted octanol–water partition coefficient (Wildman–Crippen LogP) is 6.55. The van der Waals surface area contributed by atoms with E-state index in [0.29, 0.717) is 12.1 Å². The standard InChI is InChI=1S/C17H13Cl2F4N3.C2H6/c1-25(2)8-9-5-10(13(20)6-11(9)18)15-12(19)7-14(17(21,22)23)26-4-3-24-16(15)26;1-2/h3-7H,8H2,1-2H3;1-2H3. The van der Waals surface area contributed by atoms with E-state index in [1.54, 1.807) is 0 Å². The van der Waals surface area contributed by atoms with Gasteiger partial charge in [-0.1, -0.05) is 37.0 Å². The molecule has 2 aromatic heterocycles. The van der Waals surface area contributed by atoms with Crippen LogP contribution in [0.1, 0.15) is 25.1 Å². The number of hydrogen-bond acceptors (Lipinski definition) is 2. The van der Waals surface area contributed by atoms with E-state index in [4.69, 9.17) is 23.2 Å². The van der Waals surface area contributed by atoms with Crippen molar-refractivity contribution in [2.45, 2.75) is 26.6 Å². The average Bonchev–Trinajstić information content (AvgIpc) is 3.07. The Kier molecular flexibility index (Phi) is 6.96. The number of fused-ring (bicyclic) bond motifs is 1. The van der Waals surface area contributed by atoms with Crippen molar-refractivity contribution >= 4 is 28.8 Å². The molecule has 0 radical (unpaired) electrons. The topological polar surface area (TPSA) is 20.5 Å². The summed E-state index contributed by atoms with van der Waals surface area (Å²) in [6.45, 7) is 4.43. The van der Waals surface area contributed by atoms with E-state index in [9.17, 15) is 17.6 Å². The Morgan fingerprint density at radius 2 is 1.71 bits per heavy atom. The Hall–Kier alpha value is -1.83. The SMILES string of the molecule is CC.CN(C)Cc1cc(-c2c(Cl)cc(C(F)(F)F)n3ccnc23)c(F)cc1Cl. The lowest BCUT2D eigenvalue weighted by atomic mass is 10.0. The quantitative estimate of drug-likeness (QED) is 0.434. The Morgan fingerprint density at radius 1 is 1.07 bits per heavy atom. The predicted molar refractivity (Wildman–Crippen MR) is 104 cm³/mol. The van der Waals surface area contributed by atoms with E-state index >= 15 is 0 Å². The number of halogens is 6. The third-order valence-corrected chi connectivity index (χ3v) is 4.46. The molecule has 9 heteroatoms. The van der Waals surface area contributed by atoms with Crippen LogP contribution in [-0.4, -0.2) is 28.4 Å². The zero-order valence-corrected chi connectivity index (χ0v) is 17.2. The minimum atomic E-state index is -4.63. The van der Waals surface area contributed by atoms with Crippen LogP contribution in [0.4, 0.5) is 17.6 Å². The van der Waals surface area contributed by atoms with Crippen molar-refractivity contribution in [1.29, 1.82) is 0 Å². The van der Waals surface area contributed by atoms with Gasteiger partial charge in [-0.25, -0.2) is 9.37 Å². The summed E-state index contributed by atoms with van der Waals surface area (Å²) >= 11 is 12.2. The number of hydrogen-bond donors (Lipinski definition) is 0. The van der Waals surface area contributed by atoms with Gasteiger partial charge in [0.05, 0.1) is 5.02 Å². The van der Waals surface area contributed by atoms with Crippen LogP contribution in [0.5, 0.6) is 0 Å². The van der Waals surface area contributed by atoms with Gasteiger partial charge in [-0.05, 0) is 37.9 Å². The summed E-state index contributed by atoms with van der Waals surface area (Å²) in [5.74, 6) is -0.691. The summed E-state index contributed by atoms with van der Waals surface area (Å²) in [6, 6.07) is 3.38. The second kappa shape index (κ2) is 8.68. The number of imidazole rings is 1. The van der Waals surface area contributed by atoms with E-state index in [0.717, 1.165) is 22.7 Å². The Balaban J connectivity index is 0.00000136. The van der Waals surface area contributed by atoms with Crippen LogP contribution in [0.3, 0.4) is 0 Å². The molecular formula is C19H19Cl2F4N3. The number of alkyl halides is 3. The van der Waals surface area contributed by atoms with Gasteiger partial charge in [0, 0.05) is 35.1 Å². The first-order valence-electron chi connectivity index (χ1n) is 8.45. The second-order valence-corrected chi connectivity index (χ2v) is 6.85. The lowest BCUT2D eigenvalue weighted by Crippen LogP contribution is -2.13. The van der Waals surface area contributed by atoms with Gasteiger partial charge >= 0.3 is 6.18 Å². The largest absolute Gasteiger partial charge is 0.431 e. The maximum absolute atomic E-state index is 14.6. The van der Waals surface area contributed by atoms with Gasteiger partial charge in [0.15, 0.2) is 0 Å². The van der Waals surface area contributed by atoms with Crippen LogP contribution in [0.2, 0.25) is 10.0 Å². The number of aromatic nitrogens is 2. The van der Waals surface area contributed by atoms with Crippen molar-refractivity contribution in [2.24, 2.45) is 0 Å². The zero-order chi connectivity index (χ0) is 21.2. The van der Waals surface area contributed by atoms with Crippen LogP contribution in [0.25, 0.3) is 16.8 Å². The molecule has 0 aliphatic rings. The van der Waals surface area contributed by atoms with E-state index < -0.39 is 17.7 Å². The van der Waals surface area contributed by atoms with Crippen molar-refractivity contribution in [3.8, 4) is 11.1 Å². The molecule has 152 valence electrons. The summed E-state index contributed by atoms with van der Waals surface area (Å²) in [7, 11) is 3.63. The lowest BCUT2D eigenvalue weighted by molar-refractivity contribution is -0.142. The molecule has 0 bridgehead atoms. The summed E-state index contributed by atoms with van der Waals surface area (Å²) < 4.78 is 55.2. The van der Waals surface area contributed by atoms with Crippen LogP contribution in [0, 0.1) is 5.82 Å². The number of rotatable bonds is 3. The summed E-state index contributed by atoms with van der Waals surface area (Å²) in [5.41, 5.74) is -0.322. The maximum atomic E-state index is 14.6. The molecule has 0 atom stereocenters. The fourth-order valence-electron chi connectivity index (χ4n) is 2.77. The molecule has 3 aromatic rings. The molecule has 28 heavy (non-hydrogen) atoms. The minimum absolute atomic E-state index is 0.0428. The number of benzene rings is 1. The third-order valence-electron chi connectivity index (χ3n) is 3.81. The van der Waals surface area contributed by atoms with Gasteiger partial charge in [0.25, 0.3) is 0 Å². The van der Waals surface area contributed by atoms with Crippen molar-refractivity contribution in [3.05, 3.63) is 57.7 Å². The molecule has 0 fully saturated rings. The summed E-state index contributed by atoms with van der Waals surface area (Å²) in [5, 5.41) is -0.0182. The van der Waals surface area contributed by atoms with Crippen molar-refractivity contribution in [2.75, 3.05) is 14.1 Å². The third kappa shape index (κ3) is 4.42. The van der Waals surface area contributed by atoms with E-state index in [2.05, 4.69) is 4.98 Å². The highest BCUT2D eigenvalue weighted by Crippen LogP contribution is 2.40. The molecule has 0 aliphatic heterocycles. The molecule has 1 aromatic carbocycles. The van der Waals surface area contributed by atoms with Crippen LogP contribution < -0.4 is 0 Å². The zero-order valence-electron chi connectivity index (χ0n) is 15.7. The summed E-state index contributed by atoms with van der Waals surface area (Å²) in [6.07, 6.45) is -2.26. The van der Waals surface area contributed by atoms with Crippen LogP contribution in [0.15, 0.2) is 30.6 Å². The van der Waals surface area contributed by atoms with Gasteiger partial charge in [0.1, 0.15) is 17.2 Å². The van der Waals surface area contributed by atoms with Crippen molar-refractivity contribution in [3.63, 3.8) is 0 Å². The molecule has 3 rings (SSSR count). The molecule has 0 unspecified atom stereocenters. The monoisotopic (exact) mass is 435 g/mol. The molecule has 0 amide bonds. The Labute approximate surface area is 170 Å². The number of pyridine rings is 1. The van der Waals surface area contributed by atoms with Gasteiger partial charge < -0.3 is 4.90 Å². The van der Waals surface area contributed by atoms with Crippen LogP contribution in [-0.2, 0) is 12.7 Å². The fraction of sp³-hybridized carbons (Fsp3) is 0.316. The molecule has 3 nitrogen and oxygen atoms in total. The number of nitrogens with zero attached hydrogens (tertiary/aromatic N) is 3. The Morgan fingerprint density at radius 3 is 2.29 bits per heavy atom. The van der Waals surface area contributed by atoms with Gasteiger partial charge in [-0.2, -0.15) is 13.2 Å². The highest BCUT2D eigenvalue weighted by atomic mass is 35.5. The van der Waals surface area contributed by atoms with E-state index in [-0.39, 0.29) is 26.8 Å². The van der Waals surface area contributed by atoms with Crippen molar-refractivity contribution in [1.82, 2.24) is 14.3 Å². The average molecular weight is 436 g/mol. The van der Waals surface area contributed by atoms with Gasteiger partial charge in [-0.15, -0.1) is 0 Å². The second-order valence-electron chi connectivity index (χ2n) is 6.03. The molecule has 0 saturated heterocycles. The van der Waals surface area contributed by atoms with Gasteiger partial charge in [0.2, 0.25) is 0 Å². The first kappa shape index (κ1) is 22.5. The van der Waals surface area contributed by atoms with E-state index in [1.165, 1.54) is 12.3 Å². The van der Waals surface area contributed by atoms with Gasteiger partial charge in [-0.3, -0.25) is 4.40 Å². The molecule has 0 aliphatic carbocycles. The molecule has 0 spiro atoms. The normalized spacial score (nSPS) is 11.7. The highest BCUT2D eigenvalue weighted by Gasteiger charge is 2.35. The first-order chi connectivity index (χ1) is 13.1. The smallest absolute Gasteiger partial charge is 0.305 e. The van der Waals surface area contributed by atoms with Crippen LogP contribution >= 0.6 is 23.2 Å². The minimum Gasteiger partial charge on any atom is -0.305 e. The fourth-order valence-corrected chi connectivity index (χ4v) is 3.27. The molecule has 0 saturated carbocycles. The first-order valence-corrected chi connectivity index (χ1v) is 9.21. The lowest BCUT2D eigenvalue weighted by Gasteiger charge is -2.17.